The van der Waals surface area contributed by atoms with Gasteiger partial charge in [-0.3, -0.25) is 0 Å². The molecule has 0 N–H and O–H groups in total. The van der Waals surface area contributed by atoms with Crippen LogP contribution in [0.4, 0.5) is 0 Å². The summed E-state index contributed by atoms with van der Waals surface area (Å²) in [7, 11) is 0. The standard InChI is InChI=1S/C44H33N/c1-44(2,3)30-18-20-31(21-19-30)45-40-26-24-36(34-16-8-12-28-10-4-6-14-32(28)34)38-22-23-39-37(25-27-41(45)43(39)42(38)40)35-17-9-13-29-11-5-7-15-33(29)35/h4-27H,1-3H3. The topological polar surface area (TPSA) is 4.93 Å². The van der Waals surface area contributed by atoms with E-state index >= 15 is 0 Å². The van der Waals surface area contributed by atoms with Gasteiger partial charge < -0.3 is 4.57 Å². The van der Waals surface area contributed by atoms with E-state index in [0.29, 0.717) is 0 Å². The molecule has 0 saturated heterocycles. The second-order valence-corrected chi connectivity index (χ2v) is 13.4. The van der Waals surface area contributed by atoms with Crippen LogP contribution < -0.4 is 0 Å². The molecule has 1 aromatic heterocycles. The number of nitrogens with zero attached hydrogens (tertiary/aromatic N) is 1. The van der Waals surface area contributed by atoms with E-state index in [-0.39, 0.29) is 5.41 Å². The van der Waals surface area contributed by atoms with Gasteiger partial charge in [0.2, 0.25) is 0 Å². The molecule has 9 aromatic rings. The fourth-order valence-corrected chi connectivity index (χ4v) is 7.54. The Bertz CT molecular complexity index is 2390. The summed E-state index contributed by atoms with van der Waals surface area (Å²) in [5, 5.41) is 10.3. The second-order valence-electron chi connectivity index (χ2n) is 13.4. The predicted octanol–water partition coefficient (Wildman–Crippen LogP) is 12.3. The van der Waals surface area contributed by atoms with Crippen LogP contribution in [0.1, 0.15) is 26.3 Å². The quantitative estimate of drug-likeness (QED) is 0.185. The Balaban J connectivity index is 1.39. The number of rotatable bonds is 3. The van der Waals surface area contributed by atoms with E-state index in [4.69, 9.17) is 0 Å². The van der Waals surface area contributed by atoms with Crippen molar-refractivity contribution < 1.29 is 0 Å². The first-order valence-corrected chi connectivity index (χ1v) is 15.9. The summed E-state index contributed by atoms with van der Waals surface area (Å²) in [5.74, 6) is 0. The third-order valence-electron chi connectivity index (χ3n) is 9.75. The molecule has 45 heavy (non-hydrogen) atoms. The smallest absolute Gasteiger partial charge is 0.0547 e. The number of fused-ring (bicyclic) bond motifs is 2. The van der Waals surface area contributed by atoms with Crippen LogP contribution in [0.3, 0.4) is 0 Å². The molecule has 0 radical (unpaired) electrons. The van der Waals surface area contributed by atoms with Crippen LogP contribution in [-0.2, 0) is 5.41 Å². The molecule has 0 unspecified atom stereocenters. The van der Waals surface area contributed by atoms with Crippen molar-refractivity contribution in [3.8, 4) is 27.9 Å². The summed E-state index contributed by atoms with van der Waals surface area (Å²) in [5.41, 5.74) is 10.2. The van der Waals surface area contributed by atoms with E-state index in [1.807, 2.05) is 0 Å². The zero-order valence-corrected chi connectivity index (χ0v) is 25.8. The minimum atomic E-state index is 0.104. The predicted molar refractivity (Wildman–Crippen MR) is 194 cm³/mol. The molecule has 0 aliphatic rings. The van der Waals surface area contributed by atoms with E-state index in [0.717, 1.165) is 0 Å². The van der Waals surface area contributed by atoms with E-state index in [1.165, 1.54) is 87.6 Å². The van der Waals surface area contributed by atoms with E-state index in [2.05, 4.69) is 171 Å². The highest BCUT2D eigenvalue weighted by Crippen LogP contribution is 2.46. The van der Waals surface area contributed by atoms with Crippen molar-refractivity contribution >= 4 is 54.1 Å². The van der Waals surface area contributed by atoms with Crippen LogP contribution in [0.2, 0.25) is 0 Å². The lowest BCUT2D eigenvalue weighted by molar-refractivity contribution is 0.590. The number of benzene rings is 8. The van der Waals surface area contributed by atoms with Gasteiger partial charge in [-0.15, -0.1) is 0 Å². The Morgan fingerprint density at radius 2 is 0.822 bits per heavy atom. The van der Waals surface area contributed by atoms with Crippen molar-refractivity contribution in [2.75, 3.05) is 0 Å². The molecule has 8 aromatic carbocycles. The summed E-state index contributed by atoms with van der Waals surface area (Å²) in [6.45, 7) is 6.83. The summed E-state index contributed by atoms with van der Waals surface area (Å²) >= 11 is 0. The number of hydrogen-bond acceptors (Lipinski definition) is 0. The summed E-state index contributed by atoms with van der Waals surface area (Å²) < 4.78 is 2.47. The lowest BCUT2D eigenvalue weighted by Gasteiger charge is -2.19. The molecule has 0 fully saturated rings. The molecule has 0 atom stereocenters. The van der Waals surface area contributed by atoms with Crippen LogP contribution >= 0.6 is 0 Å². The average molecular weight is 576 g/mol. The monoisotopic (exact) mass is 575 g/mol. The molecule has 9 rings (SSSR count). The van der Waals surface area contributed by atoms with Gasteiger partial charge in [-0.05, 0) is 89.8 Å². The Kier molecular flexibility index (Phi) is 5.53. The normalized spacial score (nSPS) is 12.3. The molecule has 0 aliphatic heterocycles. The van der Waals surface area contributed by atoms with Gasteiger partial charge in [0.25, 0.3) is 0 Å². The van der Waals surface area contributed by atoms with Crippen molar-refractivity contribution in [3.63, 3.8) is 0 Å². The highest BCUT2D eigenvalue weighted by Gasteiger charge is 2.22. The third kappa shape index (κ3) is 3.87. The zero-order valence-electron chi connectivity index (χ0n) is 25.8. The van der Waals surface area contributed by atoms with E-state index in [9.17, 15) is 0 Å². The molecule has 0 saturated carbocycles. The fourth-order valence-electron chi connectivity index (χ4n) is 7.54. The Morgan fingerprint density at radius 3 is 1.31 bits per heavy atom. The molecule has 0 spiro atoms. The molecule has 1 heteroatoms. The van der Waals surface area contributed by atoms with Crippen molar-refractivity contribution in [1.82, 2.24) is 4.57 Å². The summed E-state index contributed by atoms with van der Waals surface area (Å²) in [4.78, 5) is 0. The Labute approximate surface area is 263 Å². The van der Waals surface area contributed by atoms with E-state index in [1.54, 1.807) is 0 Å². The largest absolute Gasteiger partial charge is 0.309 e. The maximum Gasteiger partial charge on any atom is 0.0547 e. The van der Waals surface area contributed by atoms with Crippen LogP contribution in [0.5, 0.6) is 0 Å². The van der Waals surface area contributed by atoms with Gasteiger partial charge in [-0.2, -0.15) is 0 Å². The Hall–Kier alpha value is -5.40. The van der Waals surface area contributed by atoms with Crippen molar-refractivity contribution in [3.05, 3.63) is 151 Å². The van der Waals surface area contributed by atoms with Crippen molar-refractivity contribution in [2.24, 2.45) is 0 Å². The zero-order chi connectivity index (χ0) is 30.3. The van der Waals surface area contributed by atoms with Gasteiger partial charge in [-0.25, -0.2) is 0 Å². The van der Waals surface area contributed by atoms with Crippen LogP contribution in [0.25, 0.3) is 82.1 Å². The molecule has 0 amide bonds. The number of hydrogen-bond donors (Lipinski definition) is 0. The van der Waals surface area contributed by atoms with Gasteiger partial charge in [0.05, 0.1) is 11.0 Å². The second kappa shape index (κ2) is 9.55. The first-order chi connectivity index (χ1) is 22.0. The first-order valence-electron chi connectivity index (χ1n) is 15.9. The molecule has 0 aliphatic carbocycles. The minimum Gasteiger partial charge on any atom is -0.309 e. The van der Waals surface area contributed by atoms with Gasteiger partial charge in [0, 0.05) is 16.5 Å². The molecule has 1 nitrogen and oxygen atoms in total. The first kappa shape index (κ1) is 26.0. The van der Waals surface area contributed by atoms with E-state index < -0.39 is 0 Å². The fraction of sp³-hybridized carbons (Fsp3) is 0.0909. The lowest BCUT2D eigenvalue weighted by Crippen LogP contribution is -2.10. The molecule has 214 valence electrons. The molecule has 1 heterocycles. The van der Waals surface area contributed by atoms with Gasteiger partial charge >= 0.3 is 0 Å². The van der Waals surface area contributed by atoms with Crippen LogP contribution in [0, 0.1) is 0 Å². The highest BCUT2D eigenvalue weighted by molar-refractivity contribution is 6.29. The molecular weight excluding hydrogens is 542 g/mol. The maximum atomic E-state index is 2.47. The van der Waals surface area contributed by atoms with Crippen LogP contribution in [0.15, 0.2) is 146 Å². The van der Waals surface area contributed by atoms with Gasteiger partial charge in [0.15, 0.2) is 0 Å². The van der Waals surface area contributed by atoms with Crippen molar-refractivity contribution in [1.29, 1.82) is 0 Å². The highest BCUT2D eigenvalue weighted by atomic mass is 15.0. The summed E-state index contributed by atoms with van der Waals surface area (Å²) in [6.07, 6.45) is 0. The maximum absolute atomic E-state index is 2.47. The summed E-state index contributed by atoms with van der Waals surface area (Å²) in [6, 6.07) is 54.0. The van der Waals surface area contributed by atoms with Gasteiger partial charge in [-0.1, -0.05) is 142 Å². The molecule has 0 bridgehead atoms. The van der Waals surface area contributed by atoms with Crippen LogP contribution in [-0.4, -0.2) is 4.57 Å². The molecular formula is C44H33N. The number of aromatic nitrogens is 1. The minimum absolute atomic E-state index is 0.104. The Morgan fingerprint density at radius 1 is 0.378 bits per heavy atom. The third-order valence-corrected chi connectivity index (χ3v) is 9.75. The van der Waals surface area contributed by atoms with Gasteiger partial charge in [0.1, 0.15) is 0 Å². The lowest BCUT2D eigenvalue weighted by atomic mass is 9.87. The SMILES string of the molecule is CC(C)(C)c1ccc(-n2c3ccc(-c4cccc5ccccc45)c4ccc5c(-c6cccc7ccccc67)ccc2c5c43)cc1. The van der Waals surface area contributed by atoms with Crippen molar-refractivity contribution in [2.45, 2.75) is 26.2 Å². The average Bonchev–Trinajstić information content (AvgIpc) is 3.41.